The number of anilines is 1. The Labute approximate surface area is 129 Å². The molecule has 4 heteroatoms. The second-order valence-electron chi connectivity index (χ2n) is 4.86. The van der Waals surface area contributed by atoms with Gasteiger partial charge < -0.3 is 10.1 Å². The largest absolute Gasteiger partial charge is 0.497 e. The number of halogens is 1. The van der Waals surface area contributed by atoms with E-state index in [4.69, 9.17) is 16.3 Å². The fourth-order valence-corrected chi connectivity index (χ4v) is 2.29. The Morgan fingerprint density at radius 1 is 1.24 bits per heavy atom. The van der Waals surface area contributed by atoms with E-state index in [9.17, 15) is 4.79 Å². The molecule has 1 amide bonds. The number of amides is 1. The Morgan fingerprint density at radius 2 is 2.05 bits per heavy atom. The van der Waals surface area contributed by atoms with E-state index in [0.29, 0.717) is 17.9 Å². The average Bonchev–Trinajstić information content (AvgIpc) is 2.48. The number of aryl methyl sites for hydroxylation is 2. The van der Waals surface area contributed by atoms with Crippen molar-refractivity contribution in [2.45, 2.75) is 19.8 Å². The van der Waals surface area contributed by atoms with Crippen molar-refractivity contribution in [3.8, 4) is 5.75 Å². The molecule has 2 aromatic carbocycles. The van der Waals surface area contributed by atoms with Crippen LogP contribution in [0.15, 0.2) is 42.5 Å². The van der Waals surface area contributed by atoms with Crippen LogP contribution in [0.2, 0.25) is 5.02 Å². The minimum absolute atomic E-state index is 0.0109. The Kier molecular flexibility index (Phi) is 5.23. The minimum atomic E-state index is -0.0109. The maximum atomic E-state index is 12.0. The van der Waals surface area contributed by atoms with Gasteiger partial charge >= 0.3 is 0 Å². The van der Waals surface area contributed by atoms with Crippen LogP contribution in [0.4, 0.5) is 5.69 Å². The van der Waals surface area contributed by atoms with Crippen molar-refractivity contribution in [2.24, 2.45) is 0 Å². The first-order chi connectivity index (χ1) is 10.1. The second-order valence-corrected chi connectivity index (χ2v) is 5.30. The third kappa shape index (κ3) is 4.50. The van der Waals surface area contributed by atoms with E-state index in [1.54, 1.807) is 13.2 Å². The molecule has 0 aliphatic carbocycles. The lowest BCUT2D eigenvalue weighted by atomic mass is 10.1. The molecule has 0 spiro atoms. The third-order valence-electron chi connectivity index (χ3n) is 3.24. The standard InChI is InChI=1S/C17H18ClNO2/c1-12-10-14(18)7-8-16(12)19-17(20)9-6-13-4-3-5-15(11-13)21-2/h3-5,7-8,10-11H,6,9H2,1-2H3,(H,19,20). The molecule has 3 nitrogen and oxygen atoms in total. The summed E-state index contributed by atoms with van der Waals surface area (Å²) in [6.45, 7) is 1.92. The van der Waals surface area contributed by atoms with Crippen molar-refractivity contribution in [3.05, 3.63) is 58.6 Å². The van der Waals surface area contributed by atoms with Gasteiger partial charge in [0.1, 0.15) is 5.75 Å². The second kappa shape index (κ2) is 7.14. The van der Waals surface area contributed by atoms with Gasteiger partial charge in [0.15, 0.2) is 0 Å². The highest BCUT2D eigenvalue weighted by Gasteiger charge is 2.06. The first-order valence-corrected chi connectivity index (χ1v) is 7.15. The van der Waals surface area contributed by atoms with Gasteiger partial charge in [-0.3, -0.25) is 4.79 Å². The molecular formula is C17H18ClNO2. The van der Waals surface area contributed by atoms with E-state index in [0.717, 1.165) is 22.6 Å². The van der Waals surface area contributed by atoms with Crippen LogP contribution in [-0.2, 0) is 11.2 Å². The molecule has 110 valence electrons. The quantitative estimate of drug-likeness (QED) is 0.897. The summed E-state index contributed by atoms with van der Waals surface area (Å²) in [7, 11) is 1.63. The molecule has 0 saturated heterocycles. The van der Waals surface area contributed by atoms with E-state index < -0.39 is 0 Å². The third-order valence-corrected chi connectivity index (χ3v) is 3.47. The number of methoxy groups -OCH3 is 1. The number of carbonyl (C=O) groups is 1. The highest BCUT2D eigenvalue weighted by atomic mass is 35.5. The molecule has 0 fully saturated rings. The van der Waals surface area contributed by atoms with Crippen molar-refractivity contribution >= 4 is 23.2 Å². The van der Waals surface area contributed by atoms with Crippen LogP contribution in [0.25, 0.3) is 0 Å². The molecule has 0 heterocycles. The van der Waals surface area contributed by atoms with Crippen LogP contribution in [0.5, 0.6) is 5.75 Å². The summed E-state index contributed by atoms with van der Waals surface area (Å²) in [6, 6.07) is 13.2. The average molecular weight is 304 g/mol. The molecule has 0 atom stereocenters. The summed E-state index contributed by atoms with van der Waals surface area (Å²) in [5, 5.41) is 3.58. The number of rotatable bonds is 5. The summed E-state index contributed by atoms with van der Waals surface area (Å²) in [5.74, 6) is 0.796. The van der Waals surface area contributed by atoms with Gasteiger partial charge in [-0.1, -0.05) is 23.7 Å². The van der Waals surface area contributed by atoms with Gasteiger partial charge in [0, 0.05) is 17.1 Å². The molecule has 2 aromatic rings. The predicted molar refractivity (Wildman–Crippen MR) is 86.1 cm³/mol. The lowest BCUT2D eigenvalue weighted by Gasteiger charge is -2.09. The van der Waals surface area contributed by atoms with E-state index in [-0.39, 0.29) is 5.91 Å². The summed E-state index contributed by atoms with van der Waals surface area (Å²) in [5.41, 5.74) is 2.84. The van der Waals surface area contributed by atoms with Gasteiger partial charge in [-0.2, -0.15) is 0 Å². The maximum Gasteiger partial charge on any atom is 0.224 e. The van der Waals surface area contributed by atoms with Crippen molar-refractivity contribution in [1.82, 2.24) is 0 Å². The fourth-order valence-electron chi connectivity index (χ4n) is 2.07. The summed E-state index contributed by atoms with van der Waals surface area (Å²) in [6.07, 6.45) is 1.10. The molecular weight excluding hydrogens is 286 g/mol. The number of carbonyl (C=O) groups excluding carboxylic acids is 1. The van der Waals surface area contributed by atoms with E-state index in [1.807, 2.05) is 43.3 Å². The zero-order valence-corrected chi connectivity index (χ0v) is 12.9. The highest BCUT2D eigenvalue weighted by Crippen LogP contribution is 2.20. The van der Waals surface area contributed by atoms with E-state index in [2.05, 4.69) is 5.32 Å². The van der Waals surface area contributed by atoms with E-state index in [1.165, 1.54) is 0 Å². The SMILES string of the molecule is COc1cccc(CCC(=O)Nc2ccc(Cl)cc2C)c1. The smallest absolute Gasteiger partial charge is 0.224 e. The predicted octanol–water partition coefficient (Wildman–Crippen LogP) is 4.23. The molecule has 0 unspecified atom stereocenters. The van der Waals surface area contributed by atoms with Crippen LogP contribution < -0.4 is 10.1 Å². The Hall–Kier alpha value is -2.00. The van der Waals surface area contributed by atoms with Gasteiger partial charge in [0.25, 0.3) is 0 Å². The van der Waals surface area contributed by atoms with Gasteiger partial charge in [0.2, 0.25) is 5.91 Å². The minimum Gasteiger partial charge on any atom is -0.497 e. The molecule has 21 heavy (non-hydrogen) atoms. The molecule has 2 rings (SSSR count). The Bertz CT molecular complexity index is 640. The van der Waals surface area contributed by atoms with Crippen molar-refractivity contribution in [1.29, 1.82) is 0 Å². The first kappa shape index (κ1) is 15.4. The van der Waals surface area contributed by atoms with Crippen molar-refractivity contribution in [3.63, 3.8) is 0 Å². The maximum absolute atomic E-state index is 12.0. The van der Waals surface area contributed by atoms with Crippen LogP contribution in [0, 0.1) is 6.92 Å². The fraction of sp³-hybridized carbons (Fsp3) is 0.235. The van der Waals surface area contributed by atoms with Crippen LogP contribution >= 0.6 is 11.6 Å². The topological polar surface area (TPSA) is 38.3 Å². The highest BCUT2D eigenvalue weighted by molar-refractivity contribution is 6.30. The van der Waals surface area contributed by atoms with Crippen LogP contribution in [0.3, 0.4) is 0 Å². The molecule has 0 aliphatic heterocycles. The van der Waals surface area contributed by atoms with E-state index >= 15 is 0 Å². The molecule has 0 radical (unpaired) electrons. The van der Waals surface area contributed by atoms with Crippen LogP contribution in [-0.4, -0.2) is 13.0 Å². The summed E-state index contributed by atoms with van der Waals surface area (Å²) >= 11 is 5.90. The van der Waals surface area contributed by atoms with Crippen molar-refractivity contribution < 1.29 is 9.53 Å². The Morgan fingerprint density at radius 3 is 2.76 bits per heavy atom. The first-order valence-electron chi connectivity index (χ1n) is 6.77. The van der Waals surface area contributed by atoms with Crippen molar-refractivity contribution in [2.75, 3.05) is 12.4 Å². The molecule has 0 saturated carbocycles. The van der Waals surface area contributed by atoms with Crippen LogP contribution in [0.1, 0.15) is 17.5 Å². The lowest BCUT2D eigenvalue weighted by Crippen LogP contribution is -2.13. The molecule has 0 aromatic heterocycles. The van der Waals surface area contributed by atoms with Gasteiger partial charge in [-0.15, -0.1) is 0 Å². The zero-order chi connectivity index (χ0) is 15.2. The number of ether oxygens (including phenoxy) is 1. The number of nitrogens with one attached hydrogen (secondary N) is 1. The monoisotopic (exact) mass is 303 g/mol. The zero-order valence-electron chi connectivity index (χ0n) is 12.2. The van der Waals surface area contributed by atoms with Gasteiger partial charge in [0.05, 0.1) is 7.11 Å². The van der Waals surface area contributed by atoms with Gasteiger partial charge in [-0.05, 0) is 54.8 Å². The molecule has 0 bridgehead atoms. The van der Waals surface area contributed by atoms with Gasteiger partial charge in [-0.25, -0.2) is 0 Å². The number of hydrogen-bond donors (Lipinski definition) is 1. The Balaban J connectivity index is 1.92. The summed E-state index contributed by atoms with van der Waals surface area (Å²) < 4.78 is 5.17. The normalized spacial score (nSPS) is 10.2. The number of hydrogen-bond acceptors (Lipinski definition) is 2. The molecule has 1 N–H and O–H groups in total. The molecule has 0 aliphatic rings. The summed E-state index contributed by atoms with van der Waals surface area (Å²) in [4.78, 5) is 12.0. The number of benzene rings is 2. The lowest BCUT2D eigenvalue weighted by molar-refractivity contribution is -0.116.